The molecule has 2 rings (SSSR count). The molecule has 0 saturated heterocycles. The van der Waals surface area contributed by atoms with Crippen LogP contribution in [-0.4, -0.2) is 6.54 Å². The highest BCUT2D eigenvalue weighted by molar-refractivity contribution is 9.10. The molecule has 1 N–H and O–H groups in total. The van der Waals surface area contributed by atoms with Gasteiger partial charge in [-0.1, -0.05) is 41.4 Å². The molecular weight excluding hydrogens is 354 g/mol. The fourth-order valence-electron chi connectivity index (χ4n) is 1.82. The monoisotopic (exact) mass is 371 g/mol. The standard InChI is InChI=1S/C16H19BrClNO2/c1-11(2)8-19-9-13-4-5-14(21-13)10-20-16-6-3-12(17)7-15(16)18/h3-7,11,19H,8-10H2,1-2H3. The van der Waals surface area contributed by atoms with Crippen molar-refractivity contribution in [1.29, 1.82) is 0 Å². The summed E-state index contributed by atoms with van der Waals surface area (Å²) in [5.74, 6) is 2.98. The minimum Gasteiger partial charge on any atom is -0.484 e. The van der Waals surface area contributed by atoms with Crippen molar-refractivity contribution in [2.24, 2.45) is 5.92 Å². The smallest absolute Gasteiger partial charge is 0.146 e. The molecule has 0 saturated carbocycles. The van der Waals surface area contributed by atoms with E-state index in [0.717, 1.165) is 29.1 Å². The molecule has 5 heteroatoms. The summed E-state index contributed by atoms with van der Waals surface area (Å²) >= 11 is 9.47. The average molecular weight is 373 g/mol. The molecule has 1 heterocycles. The van der Waals surface area contributed by atoms with Crippen molar-refractivity contribution in [1.82, 2.24) is 5.32 Å². The Morgan fingerprint density at radius 3 is 2.71 bits per heavy atom. The first-order chi connectivity index (χ1) is 10.0. The number of halogens is 2. The van der Waals surface area contributed by atoms with Crippen molar-refractivity contribution in [3.05, 3.63) is 51.3 Å². The van der Waals surface area contributed by atoms with Gasteiger partial charge in [-0.05, 0) is 42.8 Å². The van der Waals surface area contributed by atoms with Crippen molar-refractivity contribution >= 4 is 27.5 Å². The van der Waals surface area contributed by atoms with Crippen LogP contribution in [0.5, 0.6) is 5.75 Å². The Balaban J connectivity index is 1.85. The highest BCUT2D eigenvalue weighted by Gasteiger charge is 2.06. The van der Waals surface area contributed by atoms with E-state index in [1.165, 1.54) is 0 Å². The van der Waals surface area contributed by atoms with E-state index in [4.69, 9.17) is 20.8 Å². The van der Waals surface area contributed by atoms with E-state index in [2.05, 4.69) is 35.1 Å². The van der Waals surface area contributed by atoms with E-state index in [-0.39, 0.29) is 0 Å². The SMILES string of the molecule is CC(C)CNCc1ccc(COc2ccc(Br)cc2Cl)o1. The summed E-state index contributed by atoms with van der Waals surface area (Å²) in [7, 11) is 0. The minimum absolute atomic E-state index is 0.367. The van der Waals surface area contributed by atoms with Crippen LogP contribution >= 0.6 is 27.5 Å². The molecule has 2 aromatic rings. The molecule has 0 amide bonds. The Kier molecular flexibility index (Phi) is 6.15. The number of furan rings is 1. The first kappa shape index (κ1) is 16.4. The molecule has 1 aromatic heterocycles. The number of hydrogen-bond donors (Lipinski definition) is 1. The molecule has 1 aromatic carbocycles. The maximum Gasteiger partial charge on any atom is 0.146 e. The van der Waals surface area contributed by atoms with E-state index in [1.807, 2.05) is 24.3 Å². The van der Waals surface area contributed by atoms with E-state index in [9.17, 15) is 0 Å². The molecule has 0 aliphatic heterocycles. The summed E-state index contributed by atoms with van der Waals surface area (Å²) in [6.07, 6.45) is 0. The second kappa shape index (κ2) is 7.87. The lowest BCUT2D eigenvalue weighted by atomic mass is 10.2. The van der Waals surface area contributed by atoms with Gasteiger partial charge in [0.2, 0.25) is 0 Å². The topological polar surface area (TPSA) is 34.4 Å². The maximum atomic E-state index is 6.10. The van der Waals surface area contributed by atoms with Gasteiger partial charge in [0.1, 0.15) is 23.9 Å². The summed E-state index contributed by atoms with van der Waals surface area (Å²) in [5.41, 5.74) is 0. The highest BCUT2D eigenvalue weighted by atomic mass is 79.9. The largest absolute Gasteiger partial charge is 0.484 e. The van der Waals surface area contributed by atoms with Crippen LogP contribution in [0.2, 0.25) is 5.02 Å². The zero-order valence-corrected chi connectivity index (χ0v) is 14.5. The van der Waals surface area contributed by atoms with Crippen LogP contribution in [0.1, 0.15) is 25.4 Å². The first-order valence-corrected chi connectivity index (χ1v) is 8.08. The molecule has 0 aliphatic carbocycles. The van der Waals surface area contributed by atoms with Gasteiger partial charge in [0.15, 0.2) is 0 Å². The Morgan fingerprint density at radius 1 is 1.24 bits per heavy atom. The number of rotatable bonds is 7. The molecule has 0 fully saturated rings. The summed E-state index contributed by atoms with van der Waals surface area (Å²) in [6.45, 7) is 6.43. The molecule has 0 spiro atoms. The third-order valence-corrected chi connectivity index (χ3v) is 3.62. The van der Waals surface area contributed by atoms with E-state index < -0.39 is 0 Å². The van der Waals surface area contributed by atoms with Gasteiger partial charge < -0.3 is 14.5 Å². The first-order valence-electron chi connectivity index (χ1n) is 6.90. The van der Waals surface area contributed by atoms with Gasteiger partial charge in [0.25, 0.3) is 0 Å². The number of hydrogen-bond acceptors (Lipinski definition) is 3. The molecular formula is C16H19BrClNO2. The van der Waals surface area contributed by atoms with Gasteiger partial charge >= 0.3 is 0 Å². The lowest BCUT2D eigenvalue weighted by Gasteiger charge is -2.07. The van der Waals surface area contributed by atoms with Gasteiger partial charge in [0.05, 0.1) is 11.6 Å². The lowest BCUT2D eigenvalue weighted by Crippen LogP contribution is -2.18. The summed E-state index contributed by atoms with van der Waals surface area (Å²) < 4.78 is 12.3. The molecule has 114 valence electrons. The van der Waals surface area contributed by atoms with Crippen LogP contribution in [0.15, 0.2) is 39.2 Å². The Hall–Kier alpha value is -0.970. The molecule has 3 nitrogen and oxygen atoms in total. The zero-order valence-electron chi connectivity index (χ0n) is 12.2. The second-order valence-electron chi connectivity index (χ2n) is 5.26. The van der Waals surface area contributed by atoms with Gasteiger partial charge in [-0.2, -0.15) is 0 Å². The van der Waals surface area contributed by atoms with Crippen LogP contribution in [0.25, 0.3) is 0 Å². The fraction of sp³-hybridized carbons (Fsp3) is 0.375. The van der Waals surface area contributed by atoms with Crippen molar-refractivity contribution < 1.29 is 9.15 Å². The maximum absolute atomic E-state index is 6.10. The molecule has 0 unspecified atom stereocenters. The summed E-state index contributed by atoms with van der Waals surface area (Å²) in [6, 6.07) is 9.43. The predicted molar refractivity (Wildman–Crippen MR) is 88.7 cm³/mol. The Morgan fingerprint density at radius 2 is 2.00 bits per heavy atom. The molecule has 0 atom stereocenters. The van der Waals surface area contributed by atoms with E-state index >= 15 is 0 Å². The minimum atomic E-state index is 0.367. The molecule has 21 heavy (non-hydrogen) atoms. The Labute approximate surface area is 138 Å². The van der Waals surface area contributed by atoms with Gasteiger partial charge in [0, 0.05) is 4.47 Å². The van der Waals surface area contributed by atoms with E-state index in [1.54, 1.807) is 6.07 Å². The number of nitrogens with one attached hydrogen (secondary N) is 1. The van der Waals surface area contributed by atoms with Crippen LogP contribution in [0.3, 0.4) is 0 Å². The van der Waals surface area contributed by atoms with Crippen molar-refractivity contribution in [3.63, 3.8) is 0 Å². The van der Waals surface area contributed by atoms with Crippen LogP contribution in [0.4, 0.5) is 0 Å². The summed E-state index contributed by atoms with van der Waals surface area (Å²) in [4.78, 5) is 0. The zero-order chi connectivity index (χ0) is 15.2. The van der Waals surface area contributed by atoms with Crippen LogP contribution in [-0.2, 0) is 13.2 Å². The third kappa shape index (κ3) is 5.38. The summed E-state index contributed by atoms with van der Waals surface area (Å²) in [5, 5.41) is 3.92. The van der Waals surface area contributed by atoms with Gasteiger partial charge in [-0.25, -0.2) is 0 Å². The number of benzene rings is 1. The predicted octanol–water partition coefficient (Wildman–Crippen LogP) is 5.02. The van der Waals surface area contributed by atoms with Crippen molar-refractivity contribution in [2.75, 3.05) is 6.54 Å². The highest BCUT2D eigenvalue weighted by Crippen LogP contribution is 2.28. The van der Waals surface area contributed by atoms with Crippen LogP contribution < -0.4 is 10.1 Å². The van der Waals surface area contributed by atoms with Gasteiger partial charge in [-0.3, -0.25) is 0 Å². The van der Waals surface area contributed by atoms with Gasteiger partial charge in [-0.15, -0.1) is 0 Å². The van der Waals surface area contributed by atoms with Crippen molar-refractivity contribution in [2.45, 2.75) is 27.0 Å². The number of ether oxygens (including phenoxy) is 1. The third-order valence-electron chi connectivity index (χ3n) is 2.83. The van der Waals surface area contributed by atoms with Crippen molar-refractivity contribution in [3.8, 4) is 5.75 Å². The second-order valence-corrected chi connectivity index (χ2v) is 6.58. The molecule has 0 radical (unpaired) electrons. The normalized spacial score (nSPS) is 11.1. The lowest BCUT2D eigenvalue weighted by molar-refractivity contribution is 0.265. The molecule has 0 bridgehead atoms. The fourth-order valence-corrected chi connectivity index (χ4v) is 2.55. The Bertz CT molecular complexity index is 583. The van der Waals surface area contributed by atoms with Crippen LogP contribution in [0, 0.1) is 5.92 Å². The average Bonchev–Trinajstić information content (AvgIpc) is 2.85. The van der Waals surface area contributed by atoms with E-state index in [0.29, 0.717) is 23.3 Å². The quantitative estimate of drug-likeness (QED) is 0.741. The molecule has 0 aliphatic rings.